The summed E-state index contributed by atoms with van der Waals surface area (Å²) < 4.78 is 4.96. The SMILES string of the molecule is COc1ccc(C(=O)OOC(C)C)cc1. The van der Waals surface area contributed by atoms with Gasteiger partial charge in [-0.05, 0) is 38.1 Å². The van der Waals surface area contributed by atoms with E-state index < -0.39 is 5.97 Å². The van der Waals surface area contributed by atoms with Crippen LogP contribution in [0.1, 0.15) is 24.2 Å². The summed E-state index contributed by atoms with van der Waals surface area (Å²) in [6.45, 7) is 3.56. The molecule has 0 N–H and O–H groups in total. The minimum Gasteiger partial charge on any atom is -0.497 e. The number of hydrogen-bond donors (Lipinski definition) is 0. The average Bonchev–Trinajstić information content (AvgIpc) is 2.26. The van der Waals surface area contributed by atoms with Crippen LogP contribution in [0, 0.1) is 0 Å². The van der Waals surface area contributed by atoms with E-state index in [0.717, 1.165) is 0 Å². The number of carbonyl (C=O) groups is 1. The Morgan fingerprint density at radius 3 is 2.27 bits per heavy atom. The van der Waals surface area contributed by atoms with Gasteiger partial charge in [-0.15, -0.1) is 0 Å². The molecule has 0 radical (unpaired) electrons. The lowest BCUT2D eigenvalue weighted by Crippen LogP contribution is -2.10. The molecule has 1 aromatic carbocycles. The van der Waals surface area contributed by atoms with Crippen LogP contribution < -0.4 is 4.74 Å². The van der Waals surface area contributed by atoms with Gasteiger partial charge in [0, 0.05) is 0 Å². The fourth-order valence-corrected chi connectivity index (χ4v) is 0.915. The normalized spacial score (nSPS) is 10.1. The van der Waals surface area contributed by atoms with Gasteiger partial charge in [-0.25, -0.2) is 4.79 Å². The summed E-state index contributed by atoms with van der Waals surface area (Å²) in [4.78, 5) is 20.7. The van der Waals surface area contributed by atoms with E-state index in [2.05, 4.69) is 4.89 Å². The van der Waals surface area contributed by atoms with E-state index in [0.29, 0.717) is 11.3 Å². The van der Waals surface area contributed by atoms with Crippen molar-refractivity contribution < 1.29 is 19.3 Å². The molecule has 0 heterocycles. The van der Waals surface area contributed by atoms with Crippen LogP contribution in [0.15, 0.2) is 24.3 Å². The standard InChI is InChI=1S/C11H14O4/c1-8(2)14-15-11(12)9-4-6-10(13-3)7-5-9/h4-8H,1-3H3. The molecule has 1 aromatic rings. The lowest BCUT2D eigenvalue weighted by Gasteiger charge is -2.06. The van der Waals surface area contributed by atoms with E-state index in [1.54, 1.807) is 45.2 Å². The Balaban J connectivity index is 2.58. The van der Waals surface area contributed by atoms with Crippen LogP contribution in [0.3, 0.4) is 0 Å². The van der Waals surface area contributed by atoms with Crippen LogP contribution in [-0.4, -0.2) is 19.2 Å². The molecule has 4 nitrogen and oxygen atoms in total. The molecule has 0 unspecified atom stereocenters. The number of methoxy groups -OCH3 is 1. The summed E-state index contributed by atoms with van der Waals surface area (Å²) in [5.74, 6) is 0.183. The first-order valence-electron chi connectivity index (χ1n) is 4.65. The Kier molecular flexibility index (Phi) is 4.12. The van der Waals surface area contributed by atoms with E-state index in [1.165, 1.54) is 0 Å². The van der Waals surface area contributed by atoms with Gasteiger partial charge in [-0.1, -0.05) is 0 Å². The maximum atomic E-state index is 11.4. The minimum atomic E-state index is -0.508. The quantitative estimate of drug-likeness (QED) is 0.564. The molecule has 0 bridgehead atoms. The Morgan fingerprint density at radius 1 is 1.20 bits per heavy atom. The molecule has 0 aliphatic heterocycles. The smallest absolute Gasteiger partial charge is 0.373 e. The van der Waals surface area contributed by atoms with Gasteiger partial charge < -0.3 is 4.74 Å². The molecule has 0 atom stereocenters. The Labute approximate surface area is 88.7 Å². The molecule has 0 spiro atoms. The number of ether oxygens (including phenoxy) is 1. The highest BCUT2D eigenvalue weighted by Gasteiger charge is 2.09. The summed E-state index contributed by atoms with van der Waals surface area (Å²) in [6.07, 6.45) is -0.146. The van der Waals surface area contributed by atoms with E-state index in [1.807, 2.05) is 0 Å². The van der Waals surface area contributed by atoms with Crippen molar-refractivity contribution in [1.29, 1.82) is 0 Å². The lowest BCUT2D eigenvalue weighted by atomic mass is 10.2. The maximum absolute atomic E-state index is 11.4. The molecule has 0 aliphatic rings. The number of benzene rings is 1. The molecule has 0 saturated heterocycles. The number of hydrogen-bond acceptors (Lipinski definition) is 4. The molecule has 82 valence electrons. The van der Waals surface area contributed by atoms with Crippen molar-refractivity contribution in [3.8, 4) is 5.75 Å². The van der Waals surface area contributed by atoms with Crippen molar-refractivity contribution in [2.24, 2.45) is 0 Å². The molecule has 0 amide bonds. The van der Waals surface area contributed by atoms with Gasteiger partial charge >= 0.3 is 5.97 Å². The van der Waals surface area contributed by atoms with Crippen molar-refractivity contribution >= 4 is 5.97 Å². The largest absolute Gasteiger partial charge is 0.497 e. The van der Waals surface area contributed by atoms with E-state index in [4.69, 9.17) is 9.62 Å². The van der Waals surface area contributed by atoms with Crippen molar-refractivity contribution in [2.45, 2.75) is 20.0 Å². The van der Waals surface area contributed by atoms with Gasteiger partial charge in [0.2, 0.25) is 0 Å². The molecule has 0 aromatic heterocycles. The van der Waals surface area contributed by atoms with Crippen LogP contribution in [0.2, 0.25) is 0 Å². The van der Waals surface area contributed by atoms with Gasteiger partial charge in [0.25, 0.3) is 0 Å². The molecule has 1 rings (SSSR count). The van der Waals surface area contributed by atoms with Crippen LogP contribution in [0.5, 0.6) is 5.75 Å². The molecule has 15 heavy (non-hydrogen) atoms. The van der Waals surface area contributed by atoms with Crippen LogP contribution in [0.4, 0.5) is 0 Å². The highest BCUT2D eigenvalue weighted by Crippen LogP contribution is 2.12. The molecular formula is C11H14O4. The summed E-state index contributed by atoms with van der Waals surface area (Å²) in [7, 11) is 1.56. The third-order valence-electron chi connectivity index (χ3n) is 1.64. The van der Waals surface area contributed by atoms with E-state index >= 15 is 0 Å². The predicted octanol–water partition coefficient (Wildman–Crippen LogP) is 2.19. The second kappa shape index (κ2) is 5.36. The van der Waals surface area contributed by atoms with Crippen molar-refractivity contribution in [2.75, 3.05) is 7.11 Å². The summed E-state index contributed by atoms with van der Waals surface area (Å²) in [5, 5.41) is 0. The fraction of sp³-hybridized carbons (Fsp3) is 0.364. The Hall–Kier alpha value is -1.55. The summed E-state index contributed by atoms with van der Waals surface area (Å²) >= 11 is 0. The lowest BCUT2D eigenvalue weighted by molar-refractivity contribution is -0.265. The van der Waals surface area contributed by atoms with Crippen LogP contribution in [-0.2, 0) is 9.78 Å². The van der Waals surface area contributed by atoms with Crippen molar-refractivity contribution in [1.82, 2.24) is 0 Å². The van der Waals surface area contributed by atoms with Crippen molar-refractivity contribution in [3.63, 3.8) is 0 Å². The Bertz CT molecular complexity index is 316. The monoisotopic (exact) mass is 210 g/mol. The number of carbonyl (C=O) groups excluding carboxylic acids is 1. The first kappa shape index (κ1) is 11.5. The molecule has 0 saturated carbocycles. The molecule has 0 aliphatic carbocycles. The van der Waals surface area contributed by atoms with Gasteiger partial charge in [-0.2, -0.15) is 4.89 Å². The van der Waals surface area contributed by atoms with Crippen molar-refractivity contribution in [3.05, 3.63) is 29.8 Å². The second-order valence-electron chi connectivity index (χ2n) is 3.24. The van der Waals surface area contributed by atoms with E-state index in [9.17, 15) is 4.79 Å². The third kappa shape index (κ3) is 3.59. The molecule has 4 heteroatoms. The van der Waals surface area contributed by atoms with E-state index in [-0.39, 0.29) is 6.10 Å². The predicted molar refractivity (Wildman–Crippen MR) is 54.6 cm³/mol. The first-order valence-corrected chi connectivity index (χ1v) is 4.65. The highest BCUT2D eigenvalue weighted by molar-refractivity contribution is 5.89. The van der Waals surface area contributed by atoms with Crippen LogP contribution >= 0.6 is 0 Å². The van der Waals surface area contributed by atoms with Crippen LogP contribution in [0.25, 0.3) is 0 Å². The zero-order valence-corrected chi connectivity index (χ0v) is 9.02. The zero-order valence-electron chi connectivity index (χ0n) is 9.02. The Morgan fingerprint density at radius 2 is 1.80 bits per heavy atom. The third-order valence-corrected chi connectivity index (χ3v) is 1.64. The number of rotatable bonds is 4. The molecule has 0 fully saturated rings. The van der Waals surface area contributed by atoms with Gasteiger partial charge in [0.05, 0.1) is 18.8 Å². The van der Waals surface area contributed by atoms with Gasteiger partial charge in [0.1, 0.15) is 5.75 Å². The minimum absolute atomic E-state index is 0.146. The zero-order chi connectivity index (χ0) is 11.3. The van der Waals surface area contributed by atoms with Gasteiger partial charge in [0.15, 0.2) is 0 Å². The summed E-state index contributed by atoms with van der Waals surface area (Å²) in [5.41, 5.74) is 0.427. The first-order chi connectivity index (χ1) is 7.13. The second-order valence-corrected chi connectivity index (χ2v) is 3.24. The fourth-order valence-electron chi connectivity index (χ4n) is 0.915. The topological polar surface area (TPSA) is 44.8 Å². The molecular weight excluding hydrogens is 196 g/mol. The highest BCUT2D eigenvalue weighted by atomic mass is 17.2. The van der Waals surface area contributed by atoms with Gasteiger partial charge in [-0.3, -0.25) is 4.89 Å². The average molecular weight is 210 g/mol. The summed E-state index contributed by atoms with van der Waals surface area (Å²) in [6, 6.07) is 6.60. The maximum Gasteiger partial charge on any atom is 0.373 e.